The Balaban J connectivity index is 1.43. The summed E-state index contributed by atoms with van der Waals surface area (Å²) in [5, 5.41) is 0. The van der Waals surface area contributed by atoms with Crippen LogP contribution in [0.5, 0.6) is 0 Å². The third-order valence-electron chi connectivity index (χ3n) is 11.2. The fourth-order valence-corrected chi connectivity index (χ4v) is 8.65. The van der Waals surface area contributed by atoms with Gasteiger partial charge >= 0.3 is 0 Å². The van der Waals surface area contributed by atoms with Crippen molar-refractivity contribution in [1.82, 2.24) is 59.1 Å². The Kier molecular flexibility index (Phi) is 7.21. The number of aromatic amines is 2. The Labute approximate surface area is 304 Å². The predicted molar refractivity (Wildman–Crippen MR) is 208 cm³/mol. The number of nitrogens with one attached hydrogen (secondary N) is 2. The summed E-state index contributed by atoms with van der Waals surface area (Å²) in [6.45, 7) is 0. The molecule has 0 spiro atoms. The van der Waals surface area contributed by atoms with Crippen LogP contribution >= 0.6 is 0 Å². The number of nitrogens with zero attached hydrogens (tertiary/aromatic N) is 10. The normalized spacial score (nSPS) is 19.2. The highest BCUT2D eigenvalue weighted by molar-refractivity contribution is 5.84. The van der Waals surface area contributed by atoms with Crippen LogP contribution in [0.1, 0.15) is 69.7 Å². The van der Waals surface area contributed by atoms with E-state index in [4.69, 9.17) is 9.97 Å². The highest BCUT2D eigenvalue weighted by Gasteiger charge is 2.33. The van der Waals surface area contributed by atoms with E-state index in [0.29, 0.717) is 0 Å². The molecule has 0 atom stereocenters. The van der Waals surface area contributed by atoms with Gasteiger partial charge in [0.25, 0.3) is 0 Å². The van der Waals surface area contributed by atoms with Crippen molar-refractivity contribution in [1.29, 1.82) is 0 Å². The van der Waals surface area contributed by atoms with Gasteiger partial charge in [0.2, 0.25) is 0 Å². The Bertz CT molecular complexity index is 1950. The molecule has 3 aromatic heterocycles. The van der Waals surface area contributed by atoms with E-state index in [1.807, 2.05) is 0 Å². The van der Waals surface area contributed by atoms with Gasteiger partial charge in [-0.2, -0.15) is 0 Å². The van der Waals surface area contributed by atoms with Crippen LogP contribution in [0.4, 0.5) is 0 Å². The molecule has 0 fully saturated rings. The lowest BCUT2D eigenvalue weighted by Gasteiger charge is -2.29. The molecule has 0 unspecified atom stereocenters. The SMILES string of the molecule is CN1C=CN(C)C1c1c2nc(c(C3N(C)C=CN3C)c3ccc([nH]3)c(C3N(C)C=CN3C)c3nc(c(C4N(C)C=CN4C)c4ccc1[nH]4)C=C3)C=C2. The molecule has 12 heteroatoms. The third kappa shape index (κ3) is 4.80. The summed E-state index contributed by atoms with van der Waals surface area (Å²) in [5.74, 6) is 0. The zero-order valence-corrected chi connectivity index (χ0v) is 31.0. The van der Waals surface area contributed by atoms with Crippen molar-refractivity contribution < 1.29 is 0 Å². The number of H-pyrrole nitrogens is 2. The first-order chi connectivity index (χ1) is 25.1. The minimum atomic E-state index is -0.0519. The van der Waals surface area contributed by atoms with Crippen molar-refractivity contribution in [2.45, 2.75) is 24.7 Å². The van der Waals surface area contributed by atoms with Gasteiger partial charge in [0.05, 0.1) is 22.8 Å². The summed E-state index contributed by atoms with van der Waals surface area (Å²) in [4.78, 5) is 36.7. The summed E-state index contributed by atoms with van der Waals surface area (Å²) in [5.41, 5.74) is 12.2. The molecular formula is C40H46N12. The molecule has 0 radical (unpaired) electrons. The lowest BCUT2D eigenvalue weighted by molar-refractivity contribution is 0.208. The molecule has 0 saturated heterocycles. The van der Waals surface area contributed by atoms with Crippen molar-refractivity contribution in [3.8, 4) is 0 Å². The first-order valence-corrected chi connectivity index (χ1v) is 17.7. The van der Waals surface area contributed by atoms with Gasteiger partial charge in [0.15, 0.2) is 0 Å². The largest absolute Gasteiger partial charge is 0.355 e. The second kappa shape index (κ2) is 11.8. The fraction of sp³-hybridized carbons (Fsp3) is 0.300. The Morgan fingerprint density at radius 3 is 0.731 bits per heavy atom. The smallest absolute Gasteiger partial charge is 0.131 e. The van der Waals surface area contributed by atoms with Gasteiger partial charge in [-0.3, -0.25) is 0 Å². The molecule has 0 saturated carbocycles. The van der Waals surface area contributed by atoms with Crippen molar-refractivity contribution in [3.63, 3.8) is 0 Å². The summed E-state index contributed by atoms with van der Waals surface area (Å²) in [6, 6.07) is 8.83. The van der Waals surface area contributed by atoms with Gasteiger partial charge in [-0.1, -0.05) is 0 Å². The Morgan fingerprint density at radius 1 is 0.346 bits per heavy atom. The molecule has 2 N–H and O–H groups in total. The van der Waals surface area contributed by atoms with E-state index in [-0.39, 0.29) is 24.7 Å². The monoisotopic (exact) mass is 694 g/mol. The Hall–Kier alpha value is -6.04. The van der Waals surface area contributed by atoms with Gasteiger partial charge in [-0.25, -0.2) is 9.97 Å². The molecule has 6 aliphatic rings. The van der Waals surface area contributed by atoms with E-state index in [1.165, 1.54) is 0 Å². The predicted octanol–water partition coefficient (Wildman–Crippen LogP) is 6.04. The molecular weight excluding hydrogens is 649 g/mol. The number of aromatic nitrogens is 4. The second-order valence-electron chi connectivity index (χ2n) is 14.7. The minimum Gasteiger partial charge on any atom is -0.355 e. The first-order valence-electron chi connectivity index (χ1n) is 17.7. The molecule has 12 nitrogen and oxygen atoms in total. The molecule has 52 heavy (non-hydrogen) atoms. The lowest BCUT2D eigenvalue weighted by Crippen LogP contribution is -2.27. The van der Waals surface area contributed by atoms with E-state index in [9.17, 15) is 0 Å². The zero-order valence-electron chi connectivity index (χ0n) is 31.0. The number of hydrogen-bond acceptors (Lipinski definition) is 10. The second-order valence-corrected chi connectivity index (χ2v) is 14.7. The van der Waals surface area contributed by atoms with Crippen LogP contribution in [-0.4, -0.2) is 116 Å². The van der Waals surface area contributed by atoms with Gasteiger partial charge < -0.3 is 49.2 Å². The molecule has 0 aromatic carbocycles. The van der Waals surface area contributed by atoms with Crippen molar-refractivity contribution in [2.75, 3.05) is 56.4 Å². The van der Waals surface area contributed by atoms with Crippen LogP contribution in [0.3, 0.4) is 0 Å². The molecule has 3 aromatic rings. The van der Waals surface area contributed by atoms with Crippen LogP contribution in [0.15, 0.2) is 73.9 Å². The minimum absolute atomic E-state index is 0.0519. The fourth-order valence-electron chi connectivity index (χ4n) is 8.65. The van der Waals surface area contributed by atoms with Gasteiger partial charge in [-0.15, -0.1) is 0 Å². The topological polar surface area (TPSA) is 83.3 Å². The average Bonchev–Trinajstić information content (AvgIpc) is 3.98. The van der Waals surface area contributed by atoms with Crippen LogP contribution < -0.4 is 0 Å². The molecule has 9 heterocycles. The van der Waals surface area contributed by atoms with Crippen LogP contribution in [0.2, 0.25) is 0 Å². The van der Waals surface area contributed by atoms with Crippen LogP contribution in [-0.2, 0) is 0 Å². The Morgan fingerprint density at radius 2 is 0.538 bits per heavy atom. The maximum atomic E-state index is 5.49. The average molecular weight is 695 g/mol. The van der Waals surface area contributed by atoms with Crippen molar-refractivity contribution >= 4 is 46.4 Å². The van der Waals surface area contributed by atoms with Gasteiger partial charge in [0.1, 0.15) is 24.7 Å². The van der Waals surface area contributed by atoms with Crippen LogP contribution in [0, 0.1) is 0 Å². The van der Waals surface area contributed by atoms with E-state index in [2.05, 4.69) is 204 Å². The third-order valence-corrected chi connectivity index (χ3v) is 11.2. The quantitative estimate of drug-likeness (QED) is 0.232. The van der Waals surface area contributed by atoms with Crippen molar-refractivity contribution in [2.24, 2.45) is 0 Å². The maximum absolute atomic E-state index is 5.49. The van der Waals surface area contributed by atoms with Gasteiger partial charge in [-0.05, 0) is 48.6 Å². The van der Waals surface area contributed by atoms with Crippen molar-refractivity contribution in [3.05, 3.63) is 119 Å². The molecule has 0 amide bonds. The number of fused-ring (bicyclic) bond motifs is 8. The first kappa shape index (κ1) is 31.9. The maximum Gasteiger partial charge on any atom is 0.131 e. The summed E-state index contributed by atoms with van der Waals surface area (Å²) in [7, 11) is 17.0. The van der Waals surface area contributed by atoms with E-state index < -0.39 is 0 Å². The van der Waals surface area contributed by atoms with E-state index in [0.717, 1.165) is 67.1 Å². The molecule has 6 aliphatic heterocycles. The van der Waals surface area contributed by atoms with Gasteiger partial charge in [0, 0.05) is 150 Å². The molecule has 0 aliphatic carbocycles. The molecule has 266 valence electrons. The lowest BCUT2D eigenvalue weighted by atomic mass is 10.1. The highest BCUT2D eigenvalue weighted by Crippen LogP contribution is 2.41. The summed E-state index contributed by atoms with van der Waals surface area (Å²) in [6.07, 6.45) is 25.5. The van der Waals surface area contributed by atoms with Crippen LogP contribution in [0.25, 0.3) is 46.4 Å². The van der Waals surface area contributed by atoms with E-state index in [1.54, 1.807) is 0 Å². The standard InChI is InChI=1S/C40H46N12/c1-45-17-18-46(2)37(45)33-25-9-11-27(41-25)34(38-47(3)19-20-48(38)4)29-13-15-31(43-29)36(40-51(7)23-24-52(40)8)32-16-14-30(44-32)35(28-12-10-26(33)42-28)39-49(5)21-22-50(39)6/h9-24,37-41,44H,1-8H3. The highest BCUT2D eigenvalue weighted by atomic mass is 15.4. The zero-order chi connectivity index (χ0) is 36.0. The molecule has 9 rings (SSSR count). The molecule has 8 bridgehead atoms. The summed E-state index contributed by atoms with van der Waals surface area (Å²) < 4.78 is 0. The summed E-state index contributed by atoms with van der Waals surface area (Å²) >= 11 is 0. The van der Waals surface area contributed by atoms with E-state index >= 15 is 0 Å². The number of rotatable bonds is 4. The number of hydrogen-bond donors (Lipinski definition) is 2.